The average Bonchev–Trinajstić information content (AvgIpc) is 1.85. The van der Waals surface area contributed by atoms with Gasteiger partial charge in [0.25, 0.3) is 0 Å². The lowest BCUT2D eigenvalue weighted by atomic mass is 9.86. The maximum Gasteiger partial charge on any atom is 0.226 e. The van der Waals surface area contributed by atoms with Crippen molar-refractivity contribution >= 4 is 16.3 Å². The Bertz CT molecular complexity index is 277. The van der Waals surface area contributed by atoms with Crippen LogP contribution in [0.25, 0.3) is 0 Å². The van der Waals surface area contributed by atoms with Gasteiger partial charge in [-0.05, 0) is 19.3 Å². The standard InChI is InChI=1S/C7H13NO3S/c1-8(2)12(10,11)7(6-9)4-3-5-7/h6H,3-5H2,1-2H3. The smallest absolute Gasteiger partial charge is 0.226 e. The molecule has 1 saturated carbocycles. The topological polar surface area (TPSA) is 54.5 Å². The number of carbonyl (C=O) groups is 1. The predicted molar refractivity (Wildman–Crippen MR) is 45.3 cm³/mol. The van der Waals surface area contributed by atoms with E-state index in [9.17, 15) is 13.2 Å². The van der Waals surface area contributed by atoms with Gasteiger partial charge in [0.2, 0.25) is 10.0 Å². The zero-order valence-electron chi connectivity index (χ0n) is 7.28. The number of hydrogen-bond acceptors (Lipinski definition) is 3. The molecule has 0 spiro atoms. The van der Waals surface area contributed by atoms with Crippen molar-refractivity contribution in [1.82, 2.24) is 4.31 Å². The molecule has 4 nitrogen and oxygen atoms in total. The van der Waals surface area contributed by atoms with E-state index in [0.717, 1.165) is 10.7 Å². The fraction of sp³-hybridized carbons (Fsp3) is 0.857. The molecule has 12 heavy (non-hydrogen) atoms. The van der Waals surface area contributed by atoms with E-state index in [1.54, 1.807) is 0 Å². The first-order valence-electron chi connectivity index (χ1n) is 3.85. The second-order valence-corrected chi connectivity index (χ2v) is 5.82. The Balaban J connectivity index is 3.01. The lowest BCUT2D eigenvalue weighted by Gasteiger charge is -2.37. The Morgan fingerprint density at radius 2 is 1.83 bits per heavy atom. The van der Waals surface area contributed by atoms with Gasteiger partial charge in [0, 0.05) is 14.1 Å². The minimum absolute atomic E-state index is 0.469. The number of carbonyl (C=O) groups excluding carboxylic acids is 1. The molecular formula is C7H13NO3S. The van der Waals surface area contributed by atoms with E-state index in [-0.39, 0.29) is 0 Å². The number of sulfonamides is 1. The van der Waals surface area contributed by atoms with Crippen LogP contribution in [0.1, 0.15) is 19.3 Å². The number of hydrogen-bond donors (Lipinski definition) is 0. The van der Waals surface area contributed by atoms with E-state index >= 15 is 0 Å². The zero-order chi connectivity index (χ0) is 9.41. The summed E-state index contributed by atoms with van der Waals surface area (Å²) in [7, 11) is -0.472. The molecule has 0 bridgehead atoms. The van der Waals surface area contributed by atoms with Crippen molar-refractivity contribution in [3.05, 3.63) is 0 Å². The lowest BCUT2D eigenvalue weighted by molar-refractivity contribution is -0.111. The molecule has 0 saturated heterocycles. The van der Waals surface area contributed by atoms with Crippen molar-refractivity contribution in [3.63, 3.8) is 0 Å². The molecule has 0 heterocycles. The summed E-state index contributed by atoms with van der Waals surface area (Å²) in [5.41, 5.74) is 0. The van der Waals surface area contributed by atoms with Crippen LogP contribution in [0.3, 0.4) is 0 Å². The van der Waals surface area contributed by atoms with Crippen molar-refractivity contribution < 1.29 is 13.2 Å². The Morgan fingerprint density at radius 1 is 1.33 bits per heavy atom. The summed E-state index contributed by atoms with van der Waals surface area (Å²) in [5.74, 6) is 0. The number of nitrogens with zero attached hydrogens (tertiary/aromatic N) is 1. The first-order chi connectivity index (χ1) is 5.46. The summed E-state index contributed by atoms with van der Waals surface area (Å²) in [5, 5.41) is 0. The molecule has 0 aromatic carbocycles. The highest BCUT2D eigenvalue weighted by Gasteiger charge is 2.50. The van der Waals surface area contributed by atoms with E-state index in [1.807, 2.05) is 0 Å². The third-order valence-electron chi connectivity index (χ3n) is 2.41. The highest BCUT2D eigenvalue weighted by molar-refractivity contribution is 7.91. The average molecular weight is 191 g/mol. The van der Waals surface area contributed by atoms with Crippen molar-refractivity contribution in [2.75, 3.05) is 14.1 Å². The minimum atomic E-state index is -3.39. The van der Waals surface area contributed by atoms with E-state index in [0.29, 0.717) is 19.1 Å². The van der Waals surface area contributed by atoms with Crippen molar-refractivity contribution in [1.29, 1.82) is 0 Å². The number of rotatable bonds is 3. The van der Waals surface area contributed by atoms with Gasteiger partial charge in [0.15, 0.2) is 0 Å². The molecule has 0 N–H and O–H groups in total. The number of aldehydes is 1. The van der Waals surface area contributed by atoms with Gasteiger partial charge in [-0.25, -0.2) is 12.7 Å². The van der Waals surface area contributed by atoms with Crippen molar-refractivity contribution in [3.8, 4) is 0 Å². The highest BCUT2D eigenvalue weighted by atomic mass is 32.2. The quantitative estimate of drug-likeness (QED) is 0.590. The lowest BCUT2D eigenvalue weighted by Crippen LogP contribution is -2.51. The molecule has 0 aromatic rings. The van der Waals surface area contributed by atoms with Crippen molar-refractivity contribution in [2.45, 2.75) is 24.0 Å². The Morgan fingerprint density at radius 3 is 1.92 bits per heavy atom. The van der Waals surface area contributed by atoms with Crippen LogP contribution >= 0.6 is 0 Å². The van der Waals surface area contributed by atoms with E-state index < -0.39 is 14.8 Å². The second-order valence-electron chi connectivity index (χ2n) is 3.32. The third kappa shape index (κ3) is 1.08. The van der Waals surface area contributed by atoms with E-state index in [4.69, 9.17) is 0 Å². The molecule has 0 aromatic heterocycles. The Labute approximate surface area is 72.6 Å². The van der Waals surface area contributed by atoms with Gasteiger partial charge in [-0.1, -0.05) is 0 Å². The summed E-state index contributed by atoms with van der Waals surface area (Å²) in [6.07, 6.45) is 2.34. The fourth-order valence-electron chi connectivity index (χ4n) is 1.33. The van der Waals surface area contributed by atoms with Gasteiger partial charge in [-0.2, -0.15) is 0 Å². The SMILES string of the molecule is CN(C)S(=O)(=O)C1(C=O)CCC1. The van der Waals surface area contributed by atoms with Crippen LogP contribution in [0.5, 0.6) is 0 Å². The molecule has 0 radical (unpaired) electrons. The van der Waals surface area contributed by atoms with Gasteiger partial charge in [-0.15, -0.1) is 0 Å². The molecule has 0 amide bonds. The first kappa shape index (κ1) is 9.67. The van der Waals surface area contributed by atoms with Gasteiger partial charge >= 0.3 is 0 Å². The van der Waals surface area contributed by atoms with Gasteiger partial charge < -0.3 is 4.79 Å². The van der Waals surface area contributed by atoms with Gasteiger partial charge in [0.1, 0.15) is 11.0 Å². The molecule has 1 rings (SSSR count). The molecule has 1 aliphatic carbocycles. The molecular weight excluding hydrogens is 178 g/mol. The van der Waals surface area contributed by atoms with Gasteiger partial charge in [-0.3, -0.25) is 0 Å². The third-order valence-corrected chi connectivity index (χ3v) is 4.90. The van der Waals surface area contributed by atoms with Crippen LogP contribution in [0.4, 0.5) is 0 Å². The summed E-state index contributed by atoms with van der Waals surface area (Å²) in [4.78, 5) is 10.7. The zero-order valence-corrected chi connectivity index (χ0v) is 8.10. The molecule has 1 aliphatic rings. The summed E-state index contributed by atoms with van der Waals surface area (Å²) < 4.78 is 23.1. The molecule has 0 aliphatic heterocycles. The summed E-state index contributed by atoms with van der Waals surface area (Å²) in [6.45, 7) is 0. The minimum Gasteiger partial charge on any atom is -0.302 e. The van der Waals surface area contributed by atoms with Gasteiger partial charge in [0.05, 0.1) is 0 Å². The fourth-order valence-corrected chi connectivity index (χ4v) is 2.98. The van der Waals surface area contributed by atoms with Crippen LogP contribution in [-0.2, 0) is 14.8 Å². The molecule has 70 valence electrons. The highest BCUT2D eigenvalue weighted by Crippen LogP contribution is 2.38. The monoisotopic (exact) mass is 191 g/mol. The van der Waals surface area contributed by atoms with Crippen molar-refractivity contribution in [2.24, 2.45) is 0 Å². The molecule has 1 fully saturated rings. The van der Waals surface area contributed by atoms with Crippen LogP contribution in [0.15, 0.2) is 0 Å². The molecule has 5 heteroatoms. The summed E-state index contributed by atoms with van der Waals surface area (Å²) in [6, 6.07) is 0. The molecule has 0 unspecified atom stereocenters. The molecule has 0 atom stereocenters. The maximum atomic E-state index is 11.6. The Hall–Kier alpha value is -0.420. The largest absolute Gasteiger partial charge is 0.302 e. The van der Waals surface area contributed by atoms with Crippen LogP contribution in [0, 0.1) is 0 Å². The van der Waals surface area contributed by atoms with E-state index in [2.05, 4.69) is 0 Å². The van der Waals surface area contributed by atoms with E-state index in [1.165, 1.54) is 14.1 Å². The maximum absolute atomic E-state index is 11.6. The Kier molecular flexibility index (Phi) is 2.27. The van der Waals surface area contributed by atoms with Crippen LogP contribution < -0.4 is 0 Å². The van der Waals surface area contributed by atoms with Crippen LogP contribution in [-0.4, -0.2) is 37.9 Å². The van der Waals surface area contributed by atoms with Crippen LogP contribution in [0.2, 0.25) is 0 Å². The first-order valence-corrected chi connectivity index (χ1v) is 5.29. The predicted octanol–water partition coefficient (Wildman–Crippen LogP) is -0.000600. The second kappa shape index (κ2) is 2.81. The normalized spacial score (nSPS) is 21.9. The summed E-state index contributed by atoms with van der Waals surface area (Å²) >= 11 is 0.